The van der Waals surface area contributed by atoms with Gasteiger partial charge in [0.1, 0.15) is 0 Å². The molecule has 1 aromatic heterocycles. The van der Waals surface area contributed by atoms with Gasteiger partial charge in [0.05, 0.1) is 11.2 Å². The van der Waals surface area contributed by atoms with E-state index in [1.165, 1.54) is 0 Å². The van der Waals surface area contributed by atoms with E-state index < -0.39 is 0 Å². The summed E-state index contributed by atoms with van der Waals surface area (Å²) in [5.74, 6) is -0.410. The fourth-order valence-electron chi connectivity index (χ4n) is 4.01. The fraction of sp³-hybridized carbons (Fsp3) is 0. The number of hydrogen-bond donors (Lipinski definition) is 3. The highest BCUT2D eigenvalue weighted by Gasteiger charge is 2.13. The molecule has 37 heavy (non-hydrogen) atoms. The first-order chi connectivity index (χ1) is 18.1. The molecule has 0 radical (unpaired) electrons. The van der Waals surface area contributed by atoms with Gasteiger partial charge >= 0.3 is 0 Å². The van der Waals surface area contributed by atoms with Crippen LogP contribution in [0.1, 0.15) is 37.5 Å². The number of H-pyrrole nitrogens is 1. The van der Waals surface area contributed by atoms with Crippen molar-refractivity contribution in [2.45, 2.75) is 0 Å². The third kappa shape index (κ3) is 5.21. The van der Waals surface area contributed by atoms with Gasteiger partial charge in [0.25, 0.3) is 5.91 Å². The van der Waals surface area contributed by atoms with E-state index in [-0.39, 0.29) is 11.7 Å². The molecule has 3 N–H and O–H groups in total. The first kappa shape index (κ1) is 23.4. The Labute approximate surface area is 212 Å². The SMILES string of the molecule is O=CNc1ccccc1/C=C/c1n[nH]c2cc(C(=O)c3cccc(NC(=O)c4ccccc4)c3)ccc12. The Kier molecular flexibility index (Phi) is 6.67. The van der Waals surface area contributed by atoms with Crippen molar-refractivity contribution in [3.8, 4) is 0 Å². The van der Waals surface area contributed by atoms with Crippen LogP contribution in [0.15, 0.2) is 97.1 Å². The van der Waals surface area contributed by atoms with Crippen molar-refractivity contribution in [1.29, 1.82) is 0 Å². The Morgan fingerprint density at radius 2 is 1.51 bits per heavy atom. The summed E-state index contributed by atoms with van der Waals surface area (Å²) in [6, 6.07) is 28.6. The van der Waals surface area contributed by atoms with Crippen LogP contribution < -0.4 is 10.6 Å². The molecule has 7 heteroatoms. The maximum atomic E-state index is 13.2. The van der Waals surface area contributed by atoms with Crippen LogP contribution in [0, 0.1) is 0 Å². The fourth-order valence-corrected chi connectivity index (χ4v) is 4.01. The van der Waals surface area contributed by atoms with Crippen molar-refractivity contribution in [1.82, 2.24) is 10.2 Å². The highest BCUT2D eigenvalue weighted by atomic mass is 16.1. The van der Waals surface area contributed by atoms with E-state index in [9.17, 15) is 14.4 Å². The second kappa shape index (κ2) is 10.5. The number of nitrogens with one attached hydrogen (secondary N) is 3. The maximum absolute atomic E-state index is 13.2. The normalized spacial score (nSPS) is 10.9. The number of ketones is 1. The quantitative estimate of drug-likeness (QED) is 0.191. The average Bonchev–Trinajstić information content (AvgIpc) is 3.35. The minimum absolute atomic E-state index is 0.168. The maximum Gasteiger partial charge on any atom is 0.255 e. The summed E-state index contributed by atoms with van der Waals surface area (Å²) in [4.78, 5) is 36.5. The molecule has 0 spiro atoms. The number of benzene rings is 4. The van der Waals surface area contributed by atoms with E-state index >= 15 is 0 Å². The summed E-state index contributed by atoms with van der Waals surface area (Å²) in [6.45, 7) is 0. The number of anilines is 2. The lowest BCUT2D eigenvalue weighted by Crippen LogP contribution is -2.12. The lowest BCUT2D eigenvalue weighted by atomic mass is 10.0. The predicted molar refractivity (Wildman–Crippen MR) is 145 cm³/mol. The molecular formula is C30H22N4O3. The summed E-state index contributed by atoms with van der Waals surface area (Å²) < 4.78 is 0. The molecule has 5 rings (SSSR count). The van der Waals surface area contributed by atoms with Crippen molar-refractivity contribution in [2.75, 3.05) is 10.6 Å². The summed E-state index contributed by atoms with van der Waals surface area (Å²) in [5, 5.41) is 13.7. The second-order valence-electron chi connectivity index (χ2n) is 8.28. The molecule has 180 valence electrons. The summed E-state index contributed by atoms with van der Waals surface area (Å²) >= 11 is 0. The molecule has 0 saturated heterocycles. The molecule has 0 aliphatic rings. The minimum Gasteiger partial charge on any atom is -0.328 e. The molecule has 2 amide bonds. The Balaban J connectivity index is 1.36. The molecule has 0 bridgehead atoms. The first-order valence-corrected chi connectivity index (χ1v) is 11.6. The molecule has 1 heterocycles. The zero-order valence-electron chi connectivity index (χ0n) is 19.6. The van der Waals surface area contributed by atoms with E-state index in [0.29, 0.717) is 40.2 Å². The first-order valence-electron chi connectivity index (χ1n) is 11.6. The Hall–Kier alpha value is -5.30. The number of para-hydroxylation sites is 1. The van der Waals surface area contributed by atoms with Gasteiger partial charge in [0.2, 0.25) is 6.41 Å². The van der Waals surface area contributed by atoms with Crippen LogP contribution in [-0.4, -0.2) is 28.3 Å². The van der Waals surface area contributed by atoms with Crippen LogP contribution in [0.25, 0.3) is 23.1 Å². The van der Waals surface area contributed by atoms with Crippen LogP contribution in [0.2, 0.25) is 0 Å². The molecule has 0 fully saturated rings. The molecule has 7 nitrogen and oxygen atoms in total. The van der Waals surface area contributed by atoms with Crippen LogP contribution in [0.4, 0.5) is 11.4 Å². The second-order valence-corrected chi connectivity index (χ2v) is 8.28. The lowest BCUT2D eigenvalue weighted by molar-refractivity contribution is -0.105. The average molecular weight is 487 g/mol. The Morgan fingerprint density at radius 1 is 0.757 bits per heavy atom. The molecule has 0 aliphatic heterocycles. The number of aromatic amines is 1. The number of hydrogen-bond acceptors (Lipinski definition) is 4. The van der Waals surface area contributed by atoms with E-state index in [4.69, 9.17) is 0 Å². The summed E-state index contributed by atoms with van der Waals surface area (Å²) in [7, 11) is 0. The number of carbonyl (C=O) groups excluding carboxylic acids is 3. The zero-order chi connectivity index (χ0) is 25.6. The van der Waals surface area contributed by atoms with E-state index in [0.717, 1.165) is 16.5 Å². The number of fused-ring (bicyclic) bond motifs is 1. The predicted octanol–water partition coefficient (Wildman–Crippen LogP) is 5.78. The van der Waals surface area contributed by atoms with Gasteiger partial charge in [0.15, 0.2) is 5.78 Å². The van der Waals surface area contributed by atoms with Crippen molar-refractivity contribution >= 4 is 52.5 Å². The van der Waals surface area contributed by atoms with Crippen molar-refractivity contribution < 1.29 is 14.4 Å². The molecule has 0 aliphatic carbocycles. The van der Waals surface area contributed by atoms with Crippen LogP contribution >= 0.6 is 0 Å². The van der Waals surface area contributed by atoms with E-state index in [1.54, 1.807) is 60.7 Å². The van der Waals surface area contributed by atoms with Gasteiger partial charge in [-0.05, 0) is 54.1 Å². The Bertz CT molecular complexity index is 1640. The third-order valence-corrected chi connectivity index (χ3v) is 5.87. The van der Waals surface area contributed by atoms with Crippen LogP contribution in [0.5, 0.6) is 0 Å². The number of carbonyl (C=O) groups is 3. The highest BCUT2D eigenvalue weighted by Crippen LogP contribution is 2.24. The minimum atomic E-state index is -0.241. The van der Waals surface area contributed by atoms with E-state index in [1.807, 2.05) is 48.6 Å². The molecule has 0 unspecified atom stereocenters. The third-order valence-electron chi connectivity index (χ3n) is 5.87. The van der Waals surface area contributed by atoms with E-state index in [2.05, 4.69) is 20.8 Å². The largest absolute Gasteiger partial charge is 0.328 e. The van der Waals surface area contributed by atoms with Crippen molar-refractivity contribution in [3.63, 3.8) is 0 Å². The van der Waals surface area contributed by atoms with Gasteiger partial charge < -0.3 is 10.6 Å². The number of rotatable bonds is 8. The van der Waals surface area contributed by atoms with Crippen LogP contribution in [0.3, 0.4) is 0 Å². The Morgan fingerprint density at radius 3 is 2.35 bits per heavy atom. The highest BCUT2D eigenvalue weighted by molar-refractivity contribution is 6.12. The van der Waals surface area contributed by atoms with Gasteiger partial charge in [-0.1, -0.05) is 60.7 Å². The van der Waals surface area contributed by atoms with Crippen LogP contribution in [-0.2, 0) is 4.79 Å². The smallest absolute Gasteiger partial charge is 0.255 e. The number of nitrogens with zero attached hydrogens (tertiary/aromatic N) is 1. The zero-order valence-corrected chi connectivity index (χ0v) is 19.6. The van der Waals surface area contributed by atoms with Gasteiger partial charge in [-0.2, -0.15) is 5.10 Å². The van der Waals surface area contributed by atoms with Gasteiger partial charge in [0, 0.05) is 33.5 Å². The molecule has 0 saturated carbocycles. The number of amides is 2. The molecular weight excluding hydrogens is 464 g/mol. The van der Waals surface area contributed by atoms with Crippen molar-refractivity contribution in [3.05, 3.63) is 125 Å². The lowest BCUT2D eigenvalue weighted by Gasteiger charge is -2.07. The topological polar surface area (TPSA) is 104 Å². The summed E-state index contributed by atoms with van der Waals surface area (Å²) in [5.41, 5.74) is 5.01. The standard InChI is InChI=1S/C30H22N4O3/c35-19-31-26-12-5-4-7-20(26)14-16-27-25-15-13-23(18-28(25)34-33-27)29(36)22-10-6-11-24(17-22)32-30(37)21-8-2-1-3-9-21/h1-19H,(H,31,35)(H,32,37)(H,33,34)/b16-14+. The monoisotopic (exact) mass is 486 g/mol. The molecule has 5 aromatic rings. The van der Waals surface area contributed by atoms with Crippen molar-refractivity contribution in [2.24, 2.45) is 0 Å². The van der Waals surface area contributed by atoms with Gasteiger partial charge in [-0.25, -0.2) is 0 Å². The van der Waals surface area contributed by atoms with Gasteiger partial charge in [-0.3, -0.25) is 19.5 Å². The molecule has 4 aromatic carbocycles. The van der Waals surface area contributed by atoms with Gasteiger partial charge in [-0.15, -0.1) is 0 Å². The summed E-state index contributed by atoms with van der Waals surface area (Å²) in [6.07, 6.45) is 4.36. The molecule has 0 atom stereocenters. The number of aromatic nitrogens is 2.